The summed E-state index contributed by atoms with van der Waals surface area (Å²) in [7, 11) is 2.70. The van der Waals surface area contributed by atoms with Gasteiger partial charge < -0.3 is 14.2 Å². The molecular formula is C27H31IO5. The molecule has 0 atom stereocenters. The molecule has 3 rings (SSSR count). The molecule has 0 fully saturated rings. The van der Waals surface area contributed by atoms with Crippen molar-refractivity contribution in [3.05, 3.63) is 68.3 Å². The highest BCUT2D eigenvalue weighted by molar-refractivity contribution is 14.1. The van der Waals surface area contributed by atoms with E-state index in [1.807, 2.05) is 0 Å². The summed E-state index contributed by atoms with van der Waals surface area (Å²) in [5.74, 6) is -0.321. The first-order valence-corrected chi connectivity index (χ1v) is 12.0. The van der Waals surface area contributed by atoms with E-state index in [1.54, 1.807) is 18.2 Å². The van der Waals surface area contributed by atoms with Gasteiger partial charge in [0.15, 0.2) is 0 Å². The number of esters is 2. The number of benzene rings is 2. The van der Waals surface area contributed by atoms with Crippen LogP contribution in [0.5, 0.6) is 5.75 Å². The van der Waals surface area contributed by atoms with Crippen molar-refractivity contribution in [2.24, 2.45) is 0 Å². The monoisotopic (exact) mass is 562 g/mol. The maximum Gasteiger partial charge on any atom is 0.337 e. The first-order valence-electron chi connectivity index (χ1n) is 10.9. The molecule has 176 valence electrons. The van der Waals surface area contributed by atoms with E-state index in [0.717, 1.165) is 22.0 Å². The van der Waals surface area contributed by atoms with Crippen molar-refractivity contribution in [3.63, 3.8) is 0 Å². The number of hydrogen-bond acceptors (Lipinski definition) is 5. The molecule has 5 nitrogen and oxygen atoms in total. The van der Waals surface area contributed by atoms with Crippen LogP contribution in [0.4, 0.5) is 0 Å². The molecule has 0 heterocycles. The van der Waals surface area contributed by atoms with Crippen LogP contribution in [0.2, 0.25) is 0 Å². The summed E-state index contributed by atoms with van der Waals surface area (Å²) in [5, 5.41) is 0. The Morgan fingerprint density at radius 1 is 0.909 bits per heavy atom. The van der Waals surface area contributed by atoms with Crippen LogP contribution in [0.15, 0.2) is 42.5 Å². The summed E-state index contributed by atoms with van der Waals surface area (Å²) in [5.41, 5.74) is 4.84. The van der Waals surface area contributed by atoms with Crippen molar-refractivity contribution in [1.82, 2.24) is 0 Å². The number of fused-ring (bicyclic) bond motifs is 1. The van der Waals surface area contributed by atoms with E-state index in [2.05, 4.69) is 68.5 Å². The summed E-state index contributed by atoms with van der Waals surface area (Å²) in [6.07, 6.45) is 3.70. The number of halogens is 1. The van der Waals surface area contributed by atoms with Crippen molar-refractivity contribution < 1.29 is 23.8 Å². The van der Waals surface area contributed by atoms with Gasteiger partial charge in [0, 0.05) is 11.6 Å². The van der Waals surface area contributed by atoms with Gasteiger partial charge in [-0.2, -0.15) is 0 Å². The van der Waals surface area contributed by atoms with Crippen LogP contribution >= 0.6 is 22.6 Å². The molecule has 0 spiro atoms. The van der Waals surface area contributed by atoms with Crippen LogP contribution in [0.3, 0.4) is 0 Å². The average molecular weight is 562 g/mol. The minimum atomic E-state index is -0.441. The van der Waals surface area contributed by atoms with Gasteiger partial charge in [0.1, 0.15) is 12.4 Å². The minimum Gasteiger partial charge on any atom is -0.488 e. The number of hydrogen-bond donors (Lipinski definition) is 0. The van der Waals surface area contributed by atoms with Crippen LogP contribution in [-0.4, -0.2) is 32.8 Å². The number of rotatable bonds is 6. The van der Waals surface area contributed by atoms with Crippen LogP contribution < -0.4 is 4.74 Å². The largest absolute Gasteiger partial charge is 0.488 e. The lowest BCUT2D eigenvalue weighted by atomic mass is 9.63. The third-order valence-electron chi connectivity index (χ3n) is 6.45. The summed E-state index contributed by atoms with van der Waals surface area (Å²) in [4.78, 5) is 24.1. The Kier molecular flexibility index (Phi) is 7.56. The second-order valence-corrected chi connectivity index (χ2v) is 10.8. The van der Waals surface area contributed by atoms with Gasteiger partial charge in [-0.15, -0.1) is 0 Å². The lowest BCUT2D eigenvalue weighted by Crippen LogP contribution is -2.33. The SMILES string of the molecule is COC(=O)/C=C(\COc1cc(C(=O)OC)ccc1I)c1ccc2c(c1)C(C)(C)CCC2(C)C. The molecule has 0 radical (unpaired) electrons. The Morgan fingerprint density at radius 2 is 1.55 bits per heavy atom. The molecule has 0 amide bonds. The smallest absolute Gasteiger partial charge is 0.337 e. The molecule has 33 heavy (non-hydrogen) atoms. The lowest BCUT2D eigenvalue weighted by molar-refractivity contribution is -0.134. The highest BCUT2D eigenvalue weighted by Gasteiger charge is 2.37. The summed E-state index contributed by atoms with van der Waals surface area (Å²) >= 11 is 2.16. The molecule has 0 aliphatic heterocycles. The van der Waals surface area contributed by atoms with Gasteiger partial charge in [0.25, 0.3) is 0 Å². The van der Waals surface area contributed by atoms with Crippen LogP contribution in [0.1, 0.15) is 67.6 Å². The predicted molar refractivity (Wildman–Crippen MR) is 138 cm³/mol. The first-order chi connectivity index (χ1) is 15.5. The summed E-state index contributed by atoms with van der Waals surface area (Å²) < 4.78 is 16.6. The van der Waals surface area contributed by atoms with E-state index in [4.69, 9.17) is 14.2 Å². The summed E-state index contributed by atoms with van der Waals surface area (Å²) in [6.45, 7) is 9.26. The molecule has 0 saturated heterocycles. The van der Waals surface area contributed by atoms with Crippen molar-refractivity contribution in [3.8, 4) is 5.75 Å². The molecule has 0 bridgehead atoms. The molecule has 2 aromatic rings. The van der Waals surface area contributed by atoms with Crippen molar-refractivity contribution in [2.45, 2.75) is 51.4 Å². The number of methoxy groups -OCH3 is 2. The van der Waals surface area contributed by atoms with Gasteiger partial charge in [0.05, 0.1) is 23.4 Å². The zero-order valence-corrected chi connectivity index (χ0v) is 22.2. The normalized spacial score (nSPS) is 16.5. The van der Waals surface area contributed by atoms with E-state index in [1.165, 1.54) is 31.4 Å². The van der Waals surface area contributed by atoms with Crippen molar-refractivity contribution in [2.75, 3.05) is 20.8 Å². The summed E-state index contributed by atoms with van der Waals surface area (Å²) in [6, 6.07) is 11.6. The lowest BCUT2D eigenvalue weighted by Gasteiger charge is -2.42. The third-order valence-corrected chi connectivity index (χ3v) is 7.34. The number of carbonyl (C=O) groups excluding carboxylic acids is 2. The van der Waals surface area contributed by atoms with Crippen molar-refractivity contribution >= 4 is 40.1 Å². The molecule has 0 saturated carbocycles. The van der Waals surface area contributed by atoms with Crippen LogP contribution in [0.25, 0.3) is 5.57 Å². The Labute approximate surface area is 209 Å². The fourth-order valence-corrected chi connectivity index (χ4v) is 4.70. The fourth-order valence-electron chi connectivity index (χ4n) is 4.21. The Hall–Kier alpha value is -2.35. The molecule has 6 heteroatoms. The van der Waals surface area contributed by atoms with E-state index in [9.17, 15) is 9.59 Å². The molecule has 0 aromatic heterocycles. The third kappa shape index (κ3) is 5.60. The topological polar surface area (TPSA) is 61.8 Å². The second kappa shape index (κ2) is 9.87. The maximum absolute atomic E-state index is 12.2. The van der Waals surface area contributed by atoms with Gasteiger partial charge in [-0.3, -0.25) is 0 Å². The van der Waals surface area contributed by atoms with Gasteiger partial charge in [-0.25, -0.2) is 9.59 Å². The van der Waals surface area contributed by atoms with E-state index >= 15 is 0 Å². The number of ether oxygens (including phenoxy) is 3. The van der Waals surface area contributed by atoms with Gasteiger partial charge in [-0.05, 0) is 81.2 Å². The van der Waals surface area contributed by atoms with E-state index in [0.29, 0.717) is 16.9 Å². The zero-order valence-electron chi connectivity index (χ0n) is 20.1. The Bertz CT molecular complexity index is 1100. The molecule has 0 N–H and O–H groups in total. The number of carbonyl (C=O) groups is 2. The minimum absolute atomic E-state index is 0.0440. The molecule has 0 unspecified atom stereocenters. The van der Waals surface area contributed by atoms with Crippen LogP contribution in [-0.2, 0) is 25.1 Å². The van der Waals surface area contributed by atoms with E-state index < -0.39 is 11.9 Å². The highest BCUT2D eigenvalue weighted by atomic mass is 127. The van der Waals surface area contributed by atoms with Crippen LogP contribution in [0, 0.1) is 3.57 Å². The first kappa shape index (κ1) is 25.3. The quantitative estimate of drug-likeness (QED) is 0.243. The molecule has 1 aliphatic carbocycles. The maximum atomic E-state index is 12.2. The van der Waals surface area contributed by atoms with E-state index in [-0.39, 0.29) is 17.4 Å². The molecule has 2 aromatic carbocycles. The molecule has 1 aliphatic rings. The fraction of sp³-hybridized carbons (Fsp3) is 0.407. The van der Waals surface area contributed by atoms with Gasteiger partial charge in [0.2, 0.25) is 0 Å². The average Bonchev–Trinajstić information content (AvgIpc) is 2.79. The predicted octanol–water partition coefficient (Wildman–Crippen LogP) is 6.06. The Morgan fingerprint density at radius 3 is 2.18 bits per heavy atom. The van der Waals surface area contributed by atoms with Gasteiger partial charge in [-0.1, -0.05) is 45.9 Å². The van der Waals surface area contributed by atoms with Crippen molar-refractivity contribution in [1.29, 1.82) is 0 Å². The highest BCUT2D eigenvalue weighted by Crippen LogP contribution is 2.46. The standard InChI is InChI=1S/C27H31IO5/c1-26(2)11-12-27(3,4)21-13-17(7-9-20(21)26)19(15-24(29)31-5)16-33-23-14-18(25(30)32-6)8-10-22(23)28/h7-10,13-15H,11-12,16H2,1-6H3/b19-15+. The zero-order chi connectivity index (χ0) is 24.4. The van der Waals surface area contributed by atoms with Gasteiger partial charge >= 0.3 is 11.9 Å². The molecular weight excluding hydrogens is 531 g/mol. The Balaban J connectivity index is 1.98. The second-order valence-electron chi connectivity index (χ2n) is 9.65.